The van der Waals surface area contributed by atoms with Crippen molar-refractivity contribution in [2.45, 2.75) is 34.6 Å². The van der Waals surface area contributed by atoms with Crippen molar-refractivity contribution in [1.82, 2.24) is 4.98 Å². The van der Waals surface area contributed by atoms with E-state index in [1.54, 1.807) is 6.92 Å². The lowest BCUT2D eigenvalue weighted by molar-refractivity contribution is 0.616. The van der Waals surface area contributed by atoms with Crippen LogP contribution < -0.4 is 0 Å². The van der Waals surface area contributed by atoms with Gasteiger partial charge in [0.2, 0.25) is 0 Å². The van der Waals surface area contributed by atoms with Crippen LogP contribution in [0.5, 0.6) is 0 Å². The van der Waals surface area contributed by atoms with Crippen molar-refractivity contribution in [1.29, 1.82) is 0 Å². The number of pyridine rings is 1. The third kappa shape index (κ3) is 5.83. The molecule has 1 heterocycles. The van der Waals surface area contributed by atoms with Gasteiger partial charge in [-0.2, -0.15) is 0 Å². The minimum absolute atomic E-state index is 0.194. The molecule has 0 fully saturated rings. The second-order valence-corrected chi connectivity index (χ2v) is 1.62. The molecule has 1 aromatic rings. The summed E-state index contributed by atoms with van der Waals surface area (Å²) in [6.45, 7) is 9.68. The Kier molecular flexibility index (Phi) is 11.5. The van der Waals surface area contributed by atoms with E-state index in [-0.39, 0.29) is 5.82 Å². The maximum absolute atomic E-state index is 12.3. The molecule has 0 saturated carbocycles. The lowest BCUT2D eigenvalue weighted by Crippen LogP contribution is -1.80. The summed E-state index contributed by atoms with van der Waals surface area (Å²) in [7, 11) is 0. The first-order valence-corrected chi connectivity index (χ1v) is 4.37. The zero-order valence-corrected chi connectivity index (χ0v) is 8.56. The van der Waals surface area contributed by atoms with Gasteiger partial charge in [0.1, 0.15) is 5.82 Å². The minimum Gasteiger partial charge on any atom is -0.264 e. The van der Waals surface area contributed by atoms with Crippen molar-refractivity contribution in [2.75, 3.05) is 0 Å². The second-order valence-electron chi connectivity index (χ2n) is 1.62. The Labute approximate surface area is 74.7 Å². The van der Waals surface area contributed by atoms with Crippen LogP contribution in [0.4, 0.5) is 4.39 Å². The fourth-order valence-electron chi connectivity index (χ4n) is 0.456. The summed E-state index contributed by atoms with van der Waals surface area (Å²) in [6, 6.07) is 1.34. The molecule has 0 amide bonds. The molecule has 0 aliphatic heterocycles. The van der Waals surface area contributed by atoms with E-state index in [1.165, 1.54) is 18.5 Å². The number of hydrogen-bond donors (Lipinski definition) is 0. The summed E-state index contributed by atoms with van der Waals surface area (Å²) in [5.41, 5.74) is 0.590. The average molecular weight is 171 g/mol. The van der Waals surface area contributed by atoms with Crippen molar-refractivity contribution >= 4 is 0 Å². The van der Waals surface area contributed by atoms with Crippen LogP contribution in [0.2, 0.25) is 0 Å². The first-order chi connectivity index (χ1) is 5.80. The van der Waals surface area contributed by atoms with Crippen molar-refractivity contribution in [3.8, 4) is 0 Å². The highest BCUT2D eigenvalue weighted by atomic mass is 19.1. The van der Waals surface area contributed by atoms with Crippen molar-refractivity contribution in [3.05, 3.63) is 29.8 Å². The fraction of sp³-hybridized carbons (Fsp3) is 0.500. The molecule has 0 N–H and O–H groups in total. The van der Waals surface area contributed by atoms with Crippen LogP contribution in [0.15, 0.2) is 18.5 Å². The van der Waals surface area contributed by atoms with E-state index in [0.717, 1.165) is 0 Å². The standard InChI is InChI=1S/C6H6FN.2C2H6/c1-5-4-8-3-2-6(5)7;2*1-2/h2-4H,1H3;2*1-2H3. The Morgan fingerprint density at radius 2 is 1.67 bits per heavy atom. The van der Waals surface area contributed by atoms with E-state index in [0.29, 0.717) is 5.56 Å². The van der Waals surface area contributed by atoms with E-state index in [1.807, 2.05) is 27.7 Å². The van der Waals surface area contributed by atoms with Gasteiger partial charge in [-0.1, -0.05) is 27.7 Å². The summed E-state index contributed by atoms with van der Waals surface area (Å²) in [6.07, 6.45) is 2.93. The predicted octanol–water partition coefficient (Wildman–Crippen LogP) is 3.58. The van der Waals surface area contributed by atoms with Crippen molar-refractivity contribution in [3.63, 3.8) is 0 Å². The molecule has 0 bridgehead atoms. The van der Waals surface area contributed by atoms with E-state index in [4.69, 9.17) is 0 Å². The molecule has 0 aliphatic rings. The maximum atomic E-state index is 12.3. The Balaban J connectivity index is 0. The summed E-state index contributed by atoms with van der Waals surface area (Å²) < 4.78 is 12.3. The van der Waals surface area contributed by atoms with Gasteiger partial charge in [0.15, 0.2) is 0 Å². The molecular formula is C10H18FN. The molecule has 12 heavy (non-hydrogen) atoms. The summed E-state index contributed by atoms with van der Waals surface area (Å²) >= 11 is 0. The third-order valence-corrected chi connectivity index (χ3v) is 0.952. The van der Waals surface area contributed by atoms with Crippen LogP contribution in [-0.4, -0.2) is 4.98 Å². The number of nitrogens with zero attached hydrogens (tertiary/aromatic N) is 1. The Morgan fingerprint density at radius 3 is 1.92 bits per heavy atom. The van der Waals surface area contributed by atoms with Crippen LogP contribution in [-0.2, 0) is 0 Å². The largest absolute Gasteiger partial charge is 0.264 e. The van der Waals surface area contributed by atoms with Gasteiger partial charge in [-0.15, -0.1) is 0 Å². The molecular weight excluding hydrogens is 153 g/mol. The summed E-state index contributed by atoms with van der Waals surface area (Å²) in [5, 5.41) is 0. The van der Waals surface area contributed by atoms with Gasteiger partial charge in [0.25, 0.3) is 0 Å². The normalized spacial score (nSPS) is 7.17. The van der Waals surface area contributed by atoms with Gasteiger partial charge in [0, 0.05) is 18.0 Å². The number of aromatic nitrogens is 1. The molecule has 1 rings (SSSR count). The van der Waals surface area contributed by atoms with Gasteiger partial charge in [-0.25, -0.2) is 4.39 Å². The summed E-state index contributed by atoms with van der Waals surface area (Å²) in [5.74, 6) is -0.194. The lowest BCUT2D eigenvalue weighted by Gasteiger charge is -1.88. The van der Waals surface area contributed by atoms with Crippen LogP contribution in [0, 0.1) is 12.7 Å². The Bertz CT molecular complexity index is 166. The van der Waals surface area contributed by atoms with E-state index >= 15 is 0 Å². The molecule has 0 spiro atoms. The fourth-order valence-corrected chi connectivity index (χ4v) is 0.456. The zero-order valence-electron chi connectivity index (χ0n) is 8.56. The molecule has 0 aromatic carbocycles. The van der Waals surface area contributed by atoms with Gasteiger partial charge >= 0.3 is 0 Å². The topological polar surface area (TPSA) is 12.9 Å². The molecule has 1 aromatic heterocycles. The van der Waals surface area contributed by atoms with Gasteiger partial charge < -0.3 is 0 Å². The van der Waals surface area contributed by atoms with Crippen LogP contribution in [0.25, 0.3) is 0 Å². The average Bonchev–Trinajstić information content (AvgIpc) is 2.17. The number of hydrogen-bond acceptors (Lipinski definition) is 1. The monoisotopic (exact) mass is 171 g/mol. The maximum Gasteiger partial charge on any atom is 0.129 e. The molecule has 0 radical (unpaired) electrons. The first-order valence-electron chi connectivity index (χ1n) is 4.37. The van der Waals surface area contributed by atoms with Crippen molar-refractivity contribution in [2.24, 2.45) is 0 Å². The number of halogens is 1. The molecule has 0 aliphatic carbocycles. The van der Waals surface area contributed by atoms with Gasteiger partial charge in [-0.05, 0) is 13.0 Å². The van der Waals surface area contributed by atoms with E-state index < -0.39 is 0 Å². The van der Waals surface area contributed by atoms with Gasteiger partial charge in [0.05, 0.1) is 0 Å². The number of rotatable bonds is 0. The third-order valence-electron chi connectivity index (χ3n) is 0.952. The van der Waals surface area contributed by atoms with Crippen molar-refractivity contribution < 1.29 is 4.39 Å². The van der Waals surface area contributed by atoms with Crippen LogP contribution in [0.3, 0.4) is 0 Å². The smallest absolute Gasteiger partial charge is 0.129 e. The highest BCUT2D eigenvalue weighted by molar-refractivity contribution is 5.08. The molecule has 0 unspecified atom stereocenters. The molecule has 0 saturated heterocycles. The summed E-state index contributed by atoms with van der Waals surface area (Å²) in [4.78, 5) is 3.71. The molecule has 2 heteroatoms. The second kappa shape index (κ2) is 10.1. The molecule has 1 nitrogen and oxygen atoms in total. The van der Waals surface area contributed by atoms with E-state index in [9.17, 15) is 4.39 Å². The van der Waals surface area contributed by atoms with Crippen LogP contribution >= 0.6 is 0 Å². The van der Waals surface area contributed by atoms with Gasteiger partial charge in [-0.3, -0.25) is 4.98 Å². The first kappa shape index (κ1) is 13.7. The van der Waals surface area contributed by atoms with E-state index in [2.05, 4.69) is 4.98 Å². The highest BCUT2D eigenvalue weighted by Crippen LogP contribution is 1.99. The lowest BCUT2D eigenvalue weighted by atomic mass is 10.3. The molecule has 70 valence electrons. The number of aryl methyl sites for hydroxylation is 1. The zero-order chi connectivity index (χ0) is 9.98. The highest BCUT2D eigenvalue weighted by Gasteiger charge is 1.89. The van der Waals surface area contributed by atoms with Crippen LogP contribution in [0.1, 0.15) is 33.3 Å². The predicted molar refractivity (Wildman–Crippen MR) is 51.6 cm³/mol. The molecule has 0 atom stereocenters. The quantitative estimate of drug-likeness (QED) is 0.581. The SMILES string of the molecule is CC.CC.Cc1cnccc1F. The minimum atomic E-state index is -0.194. The Morgan fingerprint density at radius 1 is 1.17 bits per heavy atom. The Hall–Kier alpha value is -0.920.